The molecule has 10 aromatic carbocycles. The molecule has 6 heteroatoms. The highest BCUT2D eigenvalue weighted by atomic mass is 16.3. The van der Waals surface area contributed by atoms with E-state index in [1.165, 1.54) is 9.47 Å². The number of hydrogen-bond acceptors (Lipinski definition) is 4. The monoisotopic (exact) mass is 1150 g/mol. The Balaban J connectivity index is 1.23. The first-order chi connectivity index (χ1) is 54.2. The smallest absolute Gasteiger partial charge is 0.252 e. The number of rotatable bonds is 5. The topological polar surface area (TPSA) is 27.8 Å². The van der Waals surface area contributed by atoms with Gasteiger partial charge >= 0.3 is 0 Å². The first-order valence-electron chi connectivity index (χ1n) is 44.5. The molecule has 426 valence electrons. The summed E-state index contributed by atoms with van der Waals surface area (Å²) in [7, 11) is 0. The van der Waals surface area contributed by atoms with E-state index in [0.717, 1.165) is 4.90 Å². The lowest BCUT2D eigenvalue weighted by Crippen LogP contribution is -2.62. The van der Waals surface area contributed by atoms with Gasteiger partial charge in [-0.25, -0.2) is 0 Å². The Morgan fingerprint density at radius 2 is 0.942 bits per heavy atom. The normalized spacial score (nSPS) is 19.1. The molecule has 15 rings (SSSR count). The molecule has 0 saturated heterocycles. The van der Waals surface area contributed by atoms with E-state index in [-0.39, 0.29) is 78.8 Å². The highest BCUT2D eigenvalue weighted by molar-refractivity contribution is 7.00. The van der Waals surface area contributed by atoms with Gasteiger partial charge in [0.1, 0.15) is 11.2 Å². The summed E-state index contributed by atoms with van der Waals surface area (Å²) in [5, 5.41) is -1.16. The highest BCUT2D eigenvalue weighted by Gasteiger charge is 2.47. The lowest BCUT2D eigenvalue weighted by Gasteiger charge is -2.47. The molecule has 86 heavy (non-hydrogen) atoms. The van der Waals surface area contributed by atoms with Gasteiger partial charge in [0, 0.05) is 61.4 Å². The molecule has 0 fully saturated rings. The lowest BCUT2D eigenvalue weighted by molar-refractivity contribution is 0.590. The SMILES string of the molecule is [2H]c1c([2H])c2c3c(c1[2H])-n1c4c([2H])c([2H])c(C(C)(C)C)c([2H])c4c4c([2H])c(C(C)(C)C)c([2H])c(c41)N3c1c([2H])c(C(C)(C)C)c([2H])c3c1B2c1c([2H])c([2H])c(N(c2c([2H])c([2H])c(C(C)(C)C)c([2H])c2[2H])c2c([2H])c([2H])c(C(C)(C)C)c([2H])c2[2H])c([2H])c1N3c1c([2H])c([2H])c(-c2c([2H])c([2H])c([2H])c3oc4c([2H])c([2H])c([2H])c([2H])c4c23)c([2H])c1[2H]. The summed E-state index contributed by atoms with van der Waals surface area (Å²) < 4.78 is 329. The molecule has 0 saturated carbocycles. The fraction of sp³-hybridized carbons (Fsp3) is 0.250. The van der Waals surface area contributed by atoms with Crippen LogP contribution in [0.4, 0.5) is 51.2 Å². The van der Waals surface area contributed by atoms with Gasteiger partial charge in [-0.2, -0.15) is 0 Å². The number of para-hydroxylation sites is 2. The van der Waals surface area contributed by atoms with Crippen LogP contribution in [0.1, 0.15) is 176 Å². The lowest BCUT2D eigenvalue weighted by atomic mass is 9.33. The number of aromatic nitrogens is 1. The number of hydrogen-bond donors (Lipinski definition) is 0. The quantitative estimate of drug-likeness (QED) is 0.161. The number of furan rings is 1. The Labute approximate surface area is 553 Å². The maximum Gasteiger partial charge on any atom is 0.252 e. The average Bonchev–Trinajstić information content (AvgIpc) is 1.22. The zero-order chi connectivity index (χ0) is 87.7. The molecule has 0 spiro atoms. The van der Waals surface area contributed by atoms with E-state index < -0.39 is 304 Å². The van der Waals surface area contributed by atoms with Gasteiger partial charge in [0.25, 0.3) is 6.71 Å². The Bertz CT molecular complexity index is 6600. The van der Waals surface area contributed by atoms with Crippen LogP contribution < -0.4 is 31.1 Å². The van der Waals surface area contributed by atoms with E-state index in [4.69, 9.17) is 11.3 Å². The van der Waals surface area contributed by atoms with E-state index >= 15 is 0 Å². The van der Waals surface area contributed by atoms with Crippen molar-refractivity contribution in [2.24, 2.45) is 0 Å². The fourth-order valence-corrected chi connectivity index (χ4v) is 11.4. The average molecular weight is 1150 g/mol. The molecular formula is C80H77BN4O. The first-order valence-corrected chi connectivity index (χ1v) is 28.5. The van der Waals surface area contributed by atoms with Gasteiger partial charge in [0.15, 0.2) is 0 Å². The summed E-state index contributed by atoms with van der Waals surface area (Å²) in [6.45, 7) is 22.7. The minimum absolute atomic E-state index is 0.0116. The number of fused-ring (bicyclic) bond motifs is 12. The molecule has 5 nitrogen and oxygen atoms in total. The maximum atomic E-state index is 11.4. The summed E-state index contributed by atoms with van der Waals surface area (Å²) in [5.74, 6) is 0. The molecule has 3 aliphatic heterocycles. The van der Waals surface area contributed by atoms with E-state index in [1.54, 1.807) is 104 Å². The standard InChI is InChI=1S/C80H77BN4O/c1-76(2,3)49-28-35-54(36-29-49)82(55-37-30-50(31-38-55)77(4,5)6)57-39-40-62-66(47-57)83(56-33-26-48(27-34-56)58-21-18-25-71-72(58)59-20-16-17-24-70(59)86-71)67-44-53(80(13,14)15)45-68-73(67)81(62)63-22-19-23-65-75(63)85(68)69-46-52(79(10,11)12)43-61-60-42-51(78(7,8)9)32-41-64(60)84(65)74(61)69/h16-47H,1-15H3/i16D,17D,18D,19D,20D,21D,22D,23D,24D,25D,26D,27D,28D,29D,30D,31D,32D,33D,34D,35D,36D,37D,38D,39D,40D,41D,42D,43D,44D,45D,46D,47D. The molecule has 0 aliphatic carbocycles. The van der Waals surface area contributed by atoms with Crippen LogP contribution in [0.5, 0.6) is 0 Å². The predicted molar refractivity (Wildman–Crippen MR) is 369 cm³/mol. The maximum absolute atomic E-state index is 11.4. The zero-order valence-electron chi connectivity index (χ0n) is 82.3. The van der Waals surface area contributed by atoms with E-state index in [2.05, 4.69) is 0 Å². The second-order valence-electron chi connectivity index (χ2n) is 27.3. The molecule has 12 aromatic rings. The largest absolute Gasteiger partial charge is 0.456 e. The third-order valence-electron chi connectivity index (χ3n) is 16.0. The molecule has 0 bridgehead atoms. The predicted octanol–water partition coefficient (Wildman–Crippen LogP) is 20.7. The summed E-state index contributed by atoms with van der Waals surface area (Å²) >= 11 is 0. The van der Waals surface area contributed by atoms with E-state index in [9.17, 15) is 37.0 Å². The number of nitrogens with zero attached hydrogens (tertiary/aromatic N) is 4. The van der Waals surface area contributed by atoms with Crippen LogP contribution in [-0.4, -0.2) is 11.3 Å². The van der Waals surface area contributed by atoms with Crippen LogP contribution in [0, 0.1) is 0 Å². The van der Waals surface area contributed by atoms with Crippen LogP contribution in [0.25, 0.3) is 60.6 Å². The first kappa shape index (κ1) is 29.6. The van der Waals surface area contributed by atoms with Crippen molar-refractivity contribution < 1.29 is 48.3 Å². The van der Waals surface area contributed by atoms with Crippen molar-refractivity contribution >= 4 is 118 Å². The van der Waals surface area contributed by atoms with Crippen LogP contribution in [0.15, 0.2) is 198 Å². The van der Waals surface area contributed by atoms with Crippen molar-refractivity contribution in [2.75, 3.05) is 14.7 Å². The van der Waals surface area contributed by atoms with Gasteiger partial charge in [-0.3, -0.25) is 0 Å². The minimum atomic E-state index is -2.09. The molecule has 3 aliphatic rings. The zero-order valence-corrected chi connectivity index (χ0v) is 50.3. The van der Waals surface area contributed by atoms with Gasteiger partial charge in [0.2, 0.25) is 0 Å². The number of benzene rings is 10. The molecule has 0 unspecified atom stereocenters. The molecule has 2 aromatic heterocycles. The molecule has 0 amide bonds. The fourth-order valence-electron chi connectivity index (χ4n) is 11.4. The third kappa shape index (κ3) is 8.25. The summed E-state index contributed by atoms with van der Waals surface area (Å²) in [6, 6.07) is -26.4. The van der Waals surface area contributed by atoms with E-state index in [0.29, 0.717) is 4.90 Å². The Morgan fingerprint density at radius 1 is 0.395 bits per heavy atom. The van der Waals surface area contributed by atoms with Crippen molar-refractivity contribution in [3.05, 3.63) is 221 Å². The van der Waals surface area contributed by atoms with Gasteiger partial charge in [-0.15, -0.1) is 0 Å². The van der Waals surface area contributed by atoms with Crippen molar-refractivity contribution in [3.8, 4) is 16.8 Å². The van der Waals surface area contributed by atoms with Crippen molar-refractivity contribution in [3.63, 3.8) is 0 Å². The summed E-state index contributed by atoms with van der Waals surface area (Å²) in [4.78, 5) is 2.79. The van der Waals surface area contributed by atoms with E-state index in [1.807, 2.05) is 0 Å². The molecule has 0 atom stereocenters. The van der Waals surface area contributed by atoms with Crippen LogP contribution in [-0.2, 0) is 27.1 Å². The molecule has 0 N–H and O–H groups in total. The van der Waals surface area contributed by atoms with Crippen molar-refractivity contribution in [1.82, 2.24) is 4.57 Å². The molecule has 5 heterocycles. The second kappa shape index (κ2) is 18.4. The second-order valence-corrected chi connectivity index (χ2v) is 27.3. The van der Waals surface area contributed by atoms with Crippen LogP contribution >= 0.6 is 0 Å². The van der Waals surface area contributed by atoms with Crippen LogP contribution in [0.3, 0.4) is 0 Å². The van der Waals surface area contributed by atoms with Crippen molar-refractivity contribution in [2.45, 2.75) is 131 Å². The Morgan fingerprint density at radius 3 is 1.58 bits per heavy atom. The molecule has 0 radical (unpaired) electrons. The summed E-state index contributed by atoms with van der Waals surface area (Å²) in [5.41, 5.74) is -18.0. The summed E-state index contributed by atoms with van der Waals surface area (Å²) in [6.07, 6.45) is 0. The van der Waals surface area contributed by atoms with Gasteiger partial charge in [0.05, 0.1) is 72.0 Å². The highest BCUT2D eigenvalue weighted by Crippen LogP contribution is 2.55. The Hall–Kier alpha value is -8.74. The van der Waals surface area contributed by atoms with Gasteiger partial charge < -0.3 is 23.7 Å². The van der Waals surface area contributed by atoms with Gasteiger partial charge in [-0.1, -0.05) is 194 Å². The van der Waals surface area contributed by atoms with Gasteiger partial charge in [-0.05, 0) is 185 Å². The van der Waals surface area contributed by atoms with Crippen molar-refractivity contribution in [1.29, 1.82) is 0 Å². The number of anilines is 9. The minimum Gasteiger partial charge on any atom is -0.456 e. The molecular weight excluding hydrogens is 1040 g/mol. The third-order valence-corrected chi connectivity index (χ3v) is 16.0. The Kier molecular flexibility index (Phi) is 6.33. The van der Waals surface area contributed by atoms with Crippen LogP contribution in [0.2, 0.25) is 0 Å².